The number of hydrogen-bond acceptors (Lipinski definition) is 6. The highest BCUT2D eigenvalue weighted by Crippen LogP contribution is 2.43. The summed E-state index contributed by atoms with van der Waals surface area (Å²) in [4.78, 5) is 37.8. The van der Waals surface area contributed by atoms with Crippen LogP contribution in [0.4, 0.5) is 0 Å². The van der Waals surface area contributed by atoms with E-state index in [9.17, 15) is 19.0 Å². The number of nitrogens with zero attached hydrogens (tertiary/aromatic N) is 1. The number of esters is 1. The number of rotatable bonds is 56. The summed E-state index contributed by atoms with van der Waals surface area (Å²) in [6.45, 7) is 6.74. The summed E-state index contributed by atoms with van der Waals surface area (Å²) in [5, 5.41) is 3.05. The molecule has 0 heterocycles. The molecule has 9 nitrogen and oxygen atoms in total. The van der Waals surface area contributed by atoms with E-state index in [2.05, 4.69) is 135 Å². The van der Waals surface area contributed by atoms with Gasteiger partial charge in [-0.3, -0.25) is 18.6 Å². The zero-order chi connectivity index (χ0) is 57.9. The van der Waals surface area contributed by atoms with Gasteiger partial charge in [0.1, 0.15) is 19.3 Å². The Morgan fingerprint density at radius 1 is 0.468 bits per heavy atom. The van der Waals surface area contributed by atoms with Gasteiger partial charge in [-0.05, 0) is 102 Å². The first-order chi connectivity index (χ1) is 38.4. The highest BCUT2D eigenvalue weighted by Gasteiger charge is 2.30. The first-order valence-corrected chi connectivity index (χ1v) is 33.4. The molecule has 3 atom stereocenters. The fourth-order valence-electron chi connectivity index (χ4n) is 8.59. The summed E-state index contributed by atoms with van der Waals surface area (Å²) in [6.07, 6.45) is 80.5. The van der Waals surface area contributed by atoms with Crippen molar-refractivity contribution in [3.8, 4) is 0 Å². The molecule has 452 valence electrons. The molecule has 0 aliphatic heterocycles. The number of ether oxygens (including phenoxy) is 1. The number of quaternary nitrogens is 1. The van der Waals surface area contributed by atoms with Gasteiger partial charge in [0.25, 0.3) is 0 Å². The summed E-state index contributed by atoms with van der Waals surface area (Å²) in [5.74, 6) is -0.542. The third kappa shape index (κ3) is 58.9. The van der Waals surface area contributed by atoms with E-state index in [1.54, 1.807) is 0 Å². The van der Waals surface area contributed by atoms with Crippen LogP contribution < -0.4 is 5.32 Å². The second kappa shape index (κ2) is 57.6. The second-order valence-electron chi connectivity index (χ2n) is 22.2. The Morgan fingerprint density at radius 3 is 1.35 bits per heavy atom. The Morgan fingerprint density at radius 2 is 0.873 bits per heavy atom. The van der Waals surface area contributed by atoms with Gasteiger partial charge in [-0.1, -0.05) is 258 Å². The van der Waals surface area contributed by atoms with E-state index in [1.807, 2.05) is 33.3 Å². The number of unbranched alkanes of at least 4 members (excludes halogenated alkanes) is 24. The number of amides is 1. The Kier molecular flexibility index (Phi) is 55.0. The third-order valence-corrected chi connectivity index (χ3v) is 14.4. The van der Waals surface area contributed by atoms with Crippen LogP contribution in [-0.4, -0.2) is 74.3 Å². The highest BCUT2D eigenvalue weighted by atomic mass is 31.2. The Labute approximate surface area is 486 Å². The number of allylic oxidation sites excluding steroid dienone is 19. The molecule has 0 saturated carbocycles. The molecule has 0 aromatic rings. The monoisotopic (exact) mass is 1120 g/mol. The average molecular weight is 1120 g/mol. The first kappa shape index (κ1) is 75.4. The molecule has 0 aliphatic carbocycles. The minimum atomic E-state index is -4.47. The smallest absolute Gasteiger partial charge is 0.456 e. The zero-order valence-electron chi connectivity index (χ0n) is 51.6. The summed E-state index contributed by atoms with van der Waals surface area (Å²) in [6, 6.07) is -0.870. The summed E-state index contributed by atoms with van der Waals surface area (Å²) in [5.41, 5.74) is 0. The number of phosphoric acid groups is 1. The van der Waals surface area contributed by atoms with Crippen LogP contribution in [0.2, 0.25) is 0 Å². The Hall–Kier alpha value is -3.59. The molecule has 0 fully saturated rings. The fraction of sp³-hybridized carbons (Fsp3) is 0.681. The van der Waals surface area contributed by atoms with E-state index in [4.69, 9.17) is 13.8 Å². The number of hydrogen-bond donors (Lipinski definition) is 2. The maximum absolute atomic E-state index is 13.6. The van der Waals surface area contributed by atoms with Crippen LogP contribution in [0, 0.1) is 0 Å². The number of likely N-dealkylation sites (N-methyl/N-ethyl adjacent to an activating group) is 1. The minimum Gasteiger partial charge on any atom is -0.456 e. The largest absolute Gasteiger partial charge is 0.472 e. The molecule has 3 unspecified atom stereocenters. The minimum absolute atomic E-state index is 0.0284. The lowest BCUT2D eigenvalue weighted by Crippen LogP contribution is -2.47. The lowest BCUT2D eigenvalue weighted by atomic mass is 10.0. The number of carbonyl (C=O) groups excluding carboxylic acids is 2. The second-order valence-corrected chi connectivity index (χ2v) is 23.7. The Bertz CT molecular complexity index is 1770. The molecule has 10 heteroatoms. The van der Waals surface area contributed by atoms with E-state index in [0.29, 0.717) is 17.4 Å². The van der Waals surface area contributed by atoms with Crippen molar-refractivity contribution >= 4 is 19.7 Å². The fourth-order valence-corrected chi connectivity index (χ4v) is 9.33. The van der Waals surface area contributed by atoms with Crippen LogP contribution in [0.1, 0.15) is 252 Å². The third-order valence-electron chi connectivity index (χ3n) is 13.5. The van der Waals surface area contributed by atoms with Crippen molar-refractivity contribution < 1.29 is 37.3 Å². The quantitative estimate of drug-likeness (QED) is 0.0156. The summed E-state index contributed by atoms with van der Waals surface area (Å²) >= 11 is 0. The molecule has 0 aromatic heterocycles. The van der Waals surface area contributed by atoms with Crippen molar-refractivity contribution in [2.45, 2.75) is 264 Å². The highest BCUT2D eigenvalue weighted by molar-refractivity contribution is 7.47. The molecule has 0 aromatic carbocycles. The van der Waals surface area contributed by atoms with Crippen LogP contribution in [0.3, 0.4) is 0 Å². The SMILES string of the molecule is CC/C=C\C/C=C\C/C=C\C/C=C\C/C=C\C/C=C\CCCCCCCCC(=O)NC(COP(=O)(O)OCC[N+](C)(C)C)C(/C=C\CCCCCCCCCCCCC)OC(=O)CCCCCCCCC/C=C/C=C/C=C/CC. The molecule has 0 bridgehead atoms. The lowest BCUT2D eigenvalue weighted by molar-refractivity contribution is -0.870. The van der Waals surface area contributed by atoms with Gasteiger partial charge in [-0.2, -0.15) is 0 Å². The van der Waals surface area contributed by atoms with Gasteiger partial charge >= 0.3 is 13.8 Å². The molecule has 0 radical (unpaired) electrons. The van der Waals surface area contributed by atoms with Crippen LogP contribution >= 0.6 is 7.82 Å². The molecule has 0 saturated heterocycles. The van der Waals surface area contributed by atoms with Crippen LogP contribution in [0.15, 0.2) is 122 Å². The molecule has 0 rings (SSSR count). The molecule has 79 heavy (non-hydrogen) atoms. The molecular formula is C69H120N2O7P+. The summed E-state index contributed by atoms with van der Waals surface area (Å²) < 4.78 is 30.7. The van der Waals surface area contributed by atoms with Gasteiger partial charge in [0, 0.05) is 12.8 Å². The molecule has 1 amide bonds. The molecule has 2 N–H and O–H groups in total. The molecular weight excluding hydrogens is 1000 g/mol. The van der Waals surface area contributed by atoms with Crippen molar-refractivity contribution in [1.82, 2.24) is 5.32 Å². The van der Waals surface area contributed by atoms with Crippen LogP contribution in [-0.2, 0) is 27.9 Å². The van der Waals surface area contributed by atoms with E-state index in [1.165, 1.54) is 77.0 Å². The van der Waals surface area contributed by atoms with Gasteiger partial charge in [0.2, 0.25) is 5.91 Å². The normalized spacial score (nSPS) is 14.5. The van der Waals surface area contributed by atoms with Crippen molar-refractivity contribution in [2.24, 2.45) is 0 Å². The first-order valence-electron chi connectivity index (χ1n) is 31.9. The van der Waals surface area contributed by atoms with Crippen molar-refractivity contribution in [3.05, 3.63) is 122 Å². The van der Waals surface area contributed by atoms with Crippen molar-refractivity contribution in [1.29, 1.82) is 0 Å². The number of phosphoric ester groups is 1. The van der Waals surface area contributed by atoms with E-state index in [-0.39, 0.29) is 31.5 Å². The van der Waals surface area contributed by atoms with E-state index in [0.717, 1.165) is 141 Å². The molecule has 0 aliphatic rings. The van der Waals surface area contributed by atoms with Gasteiger partial charge in [-0.15, -0.1) is 0 Å². The molecule has 0 spiro atoms. The predicted octanol–water partition coefficient (Wildman–Crippen LogP) is 19.9. The Balaban J connectivity index is 5.25. The predicted molar refractivity (Wildman–Crippen MR) is 341 cm³/mol. The topological polar surface area (TPSA) is 111 Å². The number of nitrogens with one attached hydrogen (secondary N) is 1. The van der Waals surface area contributed by atoms with Crippen LogP contribution in [0.5, 0.6) is 0 Å². The maximum atomic E-state index is 13.6. The van der Waals surface area contributed by atoms with Gasteiger partial charge in [0.15, 0.2) is 0 Å². The van der Waals surface area contributed by atoms with Crippen molar-refractivity contribution in [3.63, 3.8) is 0 Å². The average Bonchev–Trinajstić information content (AvgIpc) is 3.41. The van der Waals surface area contributed by atoms with E-state index >= 15 is 0 Å². The summed E-state index contributed by atoms with van der Waals surface area (Å²) in [7, 11) is 1.46. The van der Waals surface area contributed by atoms with E-state index < -0.39 is 20.0 Å². The standard InChI is InChI=1S/C69H119N2O7P/c1-7-10-13-16-19-22-25-28-30-31-32-33-34-35-36-37-38-39-41-43-46-49-52-55-58-61-68(72)70-66(65-77-79(74,75)76-64-63-71(4,5)6)67(60-57-54-51-48-45-42-27-24-21-18-15-12-9-3)78-69(73)62-59-56-53-50-47-44-40-29-26-23-20-17-14-11-8-2/h10-11,13-14,17,19-20,22-23,26,28,30,32-33,35-36,38-39,57,60,66-67H,7-9,12,15-16,18,21,24-25,27,29,31,34,37,40-56,58-59,61-65H2,1-6H3,(H-,70,72,74,75)/p+1/b13-10-,14-11+,20-17+,22-19-,26-23+,30-28-,33-32-,36-35-,39-38-,60-57-. The van der Waals surface area contributed by atoms with Gasteiger partial charge < -0.3 is 19.4 Å². The van der Waals surface area contributed by atoms with Crippen LogP contribution in [0.25, 0.3) is 0 Å². The number of carbonyl (C=O) groups is 2. The van der Waals surface area contributed by atoms with Gasteiger partial charge in [-0.25, -0.2) is 4.57 Å². The van der Waals surface area contributed by atoms with Crippen molar-refractivity contribution in [2.75, 3.05) is 40.9 Å². The lowest BCUT2D eigenvalue weighted by Gasteiger charge is -2.27. The van der Waals surface area contributed by atoms with Gasteiger partial charge in [0.05, 0.1) is 33.8 Å². The zero-order valence-corrected chi connectivity index (χ0v) is 52.5. The maximum Gasteiger partial charge on any atom is 0.472 e.